The highest BCUT2D eigenvalue weighted by Crippen LogP contribution is 2.29. The zero-order valence-electron chi connectivity index (χ0n) is 11.3. The first-order valence-electron chi connectivity index (χ1n) is 5.87. The third-order valence-corrected chi connectivity index (χ3v) is 2.87. The van der Waals surface area contributed by atoms with E-state index in [-0.39, 0.29) is 5.69 Å². The van der Waals surface area contributed by atoms with Gasteiger partial charge in [-0.3, -0.25) is 14.5 Å². The van der Waals surface area contributed by atoms with Crippen LogP contribution in [0.1, 0.15) is 0 Å². The Kier molecular flexibility index (Phi) is 3.84. The highest BCUT2D eigenvalue weighted by molar-refractivity contribution is 6.57. The molecule has 21 heavy (non-hydrogen) atoms. The van der Waals surface area contributed by atoms with Crippen LogP contribution in [0, 0.1) is 0 Å². The van der Waals surface area contributed by atoms with Crippen LogP contribution in [0.3, 0.4) is 0 Å². The first-order chi connectivity index (χ1) is 10.0. The van der Waals surface area contributed by atoms with Crippen molar-refractivity contribution in [3.8, 4) is 0 Å². The van der Waals surface area contributed by atoms with Crippen molar-refractivity contribution in [2.75, 3.05) is 19.1 Å². The lowest BCUT2D eigenvalue weighted by atomic mass is 10.1. The van der Waals surface area contributed by atoms with Crippen molar-refractivity contribution >= 4 is 29.3 Å². The summed E-state index contributed by atoms with van der Waals surface area (Å²) < 4.78 is 9.01. The van der Waals surface area contributed by atoms with Crippen LogP contribution in [0.5, 0.6) is 0 Å². The van der Waals surface area contributed by atoms with Crippen LogP contribution in [0.2, 0.25) is 0 Å². The highest BCUT2D eigenvalue weighted by atomic mass is 16.5. The van der Waals surface area contributed by atoms with Gasteiger partial charge in [-0.1, -0.05) is 18.2 Å². The van der Waals surface area contributed by atoms with Gasteiger partial charge in [-0.25, -0.2) is 9.59 Å². The molecule has 1 aromatic rings. The van der Waals surface area contributed by atoms with Crippen LogP contribution in [0.4, 0.5) is 5.69 Å². The van der Waals surface area contributed by atoms with E-state index in [0.29, 0.717) is 0 Å². The van der Waals surface area contributed by atoms with Crippen LogP contribution >= 0.6 is 0 Å². The van der Waals surface area contributed by atoms with Crippen LogP contribution in [-0.2, 0) is 28.7 Å². The highest BCUT2D eigenvalue weighted by Gasteiger charge is 2.46. The number of nitrogens with zero attached hydrogens (tertiary/aromatic N) is 1. The van der Waals surface area contributed by atoms with Gasteiger partial charge in [-0.2, -0.15) is 0 Å². The summed E-state index contributed by atoms with van der Waals surface area (Å²) in [7, 11) is 2.13. The molecule has 0 N–H and O–H groups in total. The summed E-state index contributed by atoms with van der Waals surface area (Å²) in [5, 5.41) is 0. The molecule has 0 fully saturated rings. The number of ether oxygens (including phenoxy) is 2. The van der Waals surface area contributed by atoms with Gasteiger partial charge in [0.05, 0.1) is 14.2 Å². The summed E-state index contributed by atoms with van der Waals surface area (Å²) in [6, 6.07) is 7.99. The summed E-state index contributed by atoms with van der Waals surface area (Å²) in [6.45, 7) is 0. The first kappa shape index (κ1) is 14.4. The second-order valence-corrected chi connectivity index (χ2v) is 4.01. The van der Waals surface area contributed by atoms with Crippen molar-refractivity contribution in [2.24, 2.45) is 0 Å². The number of para-hydroxylation sites is 1. The van der Waals surface area contributed by atoms with E-state index in [4.69, 9.17) is 0 Å². The van der Waals surface area contributed by atoms with Gasteiger partial charge >= 0.3 is 17.8 Å². The van der Waals surface area contributed by atoms with Gasteiger partial charge in [0, 0.05) is 5.69 Å². The van der Waals surface area contributed by atoms with Gasteiger partial charge in [-0.05, 0) is 12.1 Å². The number of esters is 2. The van der Waals surface area contributed by atoms with Crippen LogP contribution < -0.4 is 4.90 Å². The number of carbonyl (C=O) groups excluding carboxylic acids is 4. The van der Waals surface area contributed by atoms with Crippen molar-refractivity contribution in [2.45, 2.75) is 0 Å². The molecule has 0 aromatic heterocycles. The zero-order valence-corrected chi connectivity index (χ0v) is 11.3. The minimum atomic E-state index is -1.11. The molecular formula is C14H11NO6. The average molecular weight is 289 g/mol. The molecule has 0 spiro atoms. The molecule has 7 heteroatoms. The van der Waals surface area contributed by atoms with E-state index >= 15 is 0 Å². The Morgan fingerprint density at radius 2 is 1.52 bits per heavy atom. The largest absolute Gasteiger partial charge is 0.465 e. The Bertz CT molecular complexity index is 661. The number of benzene rings is 1. The Morgan fingerprint density at radius 3 is 2.05 bits per heavy atom. The van der Waals surface area contributed by atoms with Crippen LogP contribution in [-0.4, -0.2) is 37.8 Å². The molecule has 7 nitrogen and oxygen atoms in total. The molecule has 1 aliphatic rings. The summed E-state index contributed by atoms with van der Waals surface area (Å²) >= 11 is 0. The van der Waals surface area contributed by atoms with Gasteiger partial charge in [0.25, 0.3) is 5.78 Å². The quantitative estimate of drug-likeness (QED) is 0.448. The maximum atomic E-state index is 12.1. The Hall–Kier alpha value is -2.96. The van der Waals surface area contributed by atoms with Crippen LogP contribution in [0.25, 0.3) is 0 Å². The van der Waals surface area contributed by atoms with E-state index in [9.17, 15) is 19.2 Å². The number of Topliss-reactive ketones (excluding diaryl/α,β-unsaturated/α-hetero) is 1. The lowest BCUT2D eigenvalue weighted by Gasteiger charge is -2.17. The molecule has 0 atom stereocenters. The topological polar surface area (TPSA) is 90.0 Å². The third-order valence-electron chi connectivity index (χ3n) is 2.87. The van der Waals surface area contributed by atoms with E-state index in [1.54, 1.807) is 18.2 Å². The molecule has 1 heterocycles. The maximum Gasteiger partial charge on any atom is 0.356 e. The van der Waals surface area contributed by atoms with Gasteiger partial charge in [0.1, 0.15) is 5.57 Å². The lowest BCUT2D eigenvalue weighted by Crippen LogP contribution is -2.31. The normalized spacial score (nSPS) is 14.5. The second kappa shape index (κ2) is 5.58. The predicted octanol–water partition coefficient (Wildman–Crippen LogP) is 0.202. The minimum absolute atomic E-state index is 0.273. The fourth-order valence-electron chi connectivity index (χ4n) is 1.93. The summed E-state index contributed by atoms with van der Waals surface area (Å²) in [4.78, 5) is 48.5. The van der Waals surface area contributed by atoms with Gasteiger partial charge in [-0.15, -0.1) is 0 Å². The zero-order chi connectivity index (χ0) is 15.6. The second-order valence-electron chi connectivity index (χ2n) is 4.01. The van der Waals surface area contributed by atoms with E-state index < -0.39 is 34.9 Å². The number of hydrogen-bond acceptors (Lipinski definition) is 6. The summed E-state index contributed by atoms with van der Waals surface area (Å²) in [5.41, 5.74) is -0.793. The number of anilines is 1. The third kappa shape index (κ3) is 2.29. The Morgan fingerprint density at radius 1 is 0.952 bits per heavy atom. The van der Waals surface area contributed by atoms with E-state index in [1.807, 2.05) is 0 Å². The first-order valence-corrected chi connectivity index (χ1v) is 5.87. The van der Waals surface area contributed by atoms with E-state index in [2.05, 4.69) is 9.47 Å². The molecule has 0 bridgehead atoms. The van der Waals surface area contributed by atoms with Crippen LogP contribution in [0.15, 0.2) is 41.6 Å². The Labute approximate surface area is 119 Å². The molecule has 1 amide bonds. The number of rotatable bonds is 3. The monoisotopic (exact) mass is 289 g/mol. The smallest absolute Gasteiger partial charge is 0.356 e. The lowest BCUT2D eigenvalue weighted by molar-refractivity contribution is -0.141. The molecular weight excluding hydrogens is 278 g/mol. The molecule has 0 unspecified atom stereocenters. The average Bonchev–Trinajstić information content (AvgIpc) is 2.78. The molecule has 108 valence electrons. The molecule has 1 aromatic carbocycles. The molecule has 1 aliphatic heterocycles. The standard InChI is InChI=1S/C14H11NO6/c1-20-13(18)9-10(14(19)21-2)15(12(17)11(9)16)8-6-4-3-5-7-8/h3-7H,1-2H3. The number of carbonyl (C=O) groups is 4. The summed E-state index contributed by atoms with van der Waals surface area (Å²) in [5.74, 6) is -4.15. The molecule has 0 saturated carbocycles. The number of hydrogen-bond donors (Lipinski definition) is 0. The molecule has 2 rings (SSSR count). The van der Waals surface area contributed by atoms with Crippen molar-refractivity contribution in [3.63, 3.8) is 0 Å². The number of ketones is 1. The fourth-order valence-corrected chi connectivity index (χ4v) is 1.93. The van der Waals surface area contributed by atoms with E-state index in [0.717, 1.165) is 19.1 Å². The van der Waals surface area contributed by atoms with E-state index in [1.165, 1.54) is 12.1 Å². The molecule has 0 radical (unpaired) electrons. The van der Waals surface area contributed by atoms with Crippen molar-refractivity contribution < 1.29 is 28.7 Å². The van der Waals surface area contributed by atoms with Gasteiger partial charge < -0.3 is 9.47 Å². The van der Waals surface area contributed by atoms with Gasteiger partial charge in [0.2, 0.25) is 0 Å². The summed E-state index contributed by atoms with van der Waals surface area (Å²) in [6.07, 6.45) is 0. The number of amides is 1. The fraction of sp³-hybridized carbons (Fsp3) is 0.143. The SMILES string of the molecule is COC(=O)C1=C(C(=O)OC)N(c2ccccc2)C(=O)C1=O. The molecule has 0 aliphatic carbocycles. The minimum Gasteiger partial charge on any atom is -0.465 e. The van der Waals surface area contributed by atoms with Crippen molar-refractivity contribution in [1.82, 2.24) is 0 Å². The van der Waals surface area contributed by atoms with Gasteiger partial charge in [0.15, 0.2) is 5.70 Å². The molecule has 0 saturated heterocycles. The predicted molar refractivity (Wildman–Crippen MR) is 70.0 cm³/mol. The van der Waals surface area contributed by atoms with Crippen molar-refractivity contribution in [1.29, 1.82) is 0 Å². The number of methoxy groups -OCH3 is 2. The maximum absolute atomic E-state index is 12.1. The Balaban J connectivity index is 2.66. The van der Waals surface area contributed by atoms with Crippen molar-refractivity contribution in [3.05, 3.63) is 41.6 Å².